The number of nitrogens with zero attached hydrogens (tertiary/aromatic N) is 1. The van der Waals surface area contributed by atoms with Crippen molar-refractivity contribution in [2.24, 2.45) is 5.92 Å². The molecule has 1 N–H and O–H groups in total. The maximum absolute atomic E-state index is 14.1. The van der Waals surface area contributed by atoms with Gasteiger partial charge in [-0.05, 0) is 61.8 Å². The summed E-state index contributed by atoms with van der Waals surface area (Å²) in [7, 11) is 3.17. The number of aliphatic carboxylic acids is 1. The highest BCUT2D eigenvalue weighted by Gasteiger charge is 2.32. The Labute approximate surface area is 158 Å². The molecule has 0 bridgehead atoms. The van der Waals surface area contributed by atoms with Crippen LogP contribution in [-0.2, 0) is 4.79 Å². The molecule has 2 aromatic rings. The van der Waals surface area contributed by atoms with E-state index in [0.29, 0.717) is 37.4 Å². The van der Waals surface area contributed by atoms with E-state index in [1.165, 1.54) is 12.1 Å². The van der Waals surface area contributed by atoms with Gasteiger partial charge in [0.15, 0.2) is 0 Å². The van der Waals surface area contributed by atoms with Crippen LogP contribution in [0.15, 0.2) is 42.5 Å². The Morgan fingerprint density at radius 1 is 1.15 bits per heavy atom. The van der Waals surface area contributed by atoms with Crippen molar-refractivity contribution in [1.82, 2.24) is 4.90 Å². The summed E-state index contributed by atoms with van der Waals surface area (Å²) in [4.78, 5) is 13.5. The van der Waals surface area contributed by atoms with Crippen LogP contribution in [0.5, 0.6) is 11.5 Å². The lowest BCUT2D eigenvalue weighted by molar-refractivity contribution is -0.143. The van der Waals surface area contributed by atoms with Gasteiger partial charge in [-0.2, -0.15) is 0 Å². The minimum absolute atomic E-state index is 0.250. The van der Waals surface area contributed by atoms with Gasteiger partial charge in [0.2, 0.25) is 0 Å². The molecule has 0 amide bonds. The van der Waals surface area contributed by atoms with Crippen LogP contribution < -0.4 is 9.47 Å². The number of piperidine rings is 1. The van der Waals surface area contributed by atoms with E-state index in [4.69, 9.17) is 9.47 Å². The minimum Gasteiger partial charge on any atom is -0.497 e. The molecule has 0 spiro atoms. The number of hydrogen-bond acceptors (Lipinski definition) is 4. The first-order chi connectivity index (χ1) is 13.0. The first kappa shape index (κ1) is 19.2. The lowest BCUT2D eigenvalue weighted by Gasteiger charge is -2.37. The highest BCUT2D eigenvalue weighted by Crippen LogP contribution is 2.38. The zero-order valence-electron chi connectivity index (χ0n) is 15.5. The number of rotatable bonds is 6. The predicted octanol–water partition coefficient (Wildman–Crippen LogP) is 3.73. The van der Waals surface area contributed by atoms with Gasteiger partial charge >= 0.3 is 5.97 Å². The average Bonchev–Trinajstić information content (AvgIpc) is 2.69. The maximum atomic E-state index is 14.1. The van der Waals surface area contributed by atoms with Gasteiger partial charge in [-0.1, -0.05) is 12.1 Å². The summed E-state index contributed by atoms with van der Waals surface area (Å²) < 4.78 is 24.9. The van der Waals surface area contributed by atoms with Crippen LogP contribution in [0.1, 0.15) is 30.0 Å². The Balaban J connectivity index is 2.02. The van der Waals surface area contributed by atoms with Crippen molar-refractivity contribution in [2.45, 2.75) is 18.9 Å². The highest BCUT2D eigenvalue weighted by molar-refractivity contribution is 5.70. The molecule has 0 aliphatic carbocycles. The van der Waals surface area contributed by atoms with Crippen LogP contribution in [0.4, 0.5) is 4.39 Å². The van der Waals surface area contributed by atoms with Gasteiger partial charge < -0.3 is 14.6 Å². The highest BCUT2D eigenvalue weighted by atomic mass is 19.1. The van der Waals surface area contributed by atoms with Crippen molar-refractivity contribution in [2.75, 3.05) is 27.3 Å². The first-order valence-electron chi connectivity index (χ1n) is 8.97. The zero-order valence-corrected chi connectivity index (χ0v) is 15.5. The molecular formula is C21H24FNO4. The number of halogens is 1. The van der Waals surface area contributed by atoms with E-state index >= 15 is 0 Å². The first-order valence-corrected chi connectivity index (χ1v) is 8.97. The van der Waals surface area contributed by atoms with Crippen LogP contribution in [0.3, 0.4) is 0 Å². The standard InChI is InChI=1S/C21H24FNO4/c1-26-17-5-3-4-15(12-17)20(18-13-16(22)6-7-19(18)27-2)23-10-8-14(9-11-23)21(24)25/h3-7,12-14,20H,8-11H2,1-2H3,(H,24,25). The second-order valence-electron chi connectivity index (χ2n) is 6.71. The molecule has 0 saturated carbocycles. The van der Waals surface area contributed by atoms with Crippen molar-refractivity contribution in [1.29, 1.82) is 0 Å². The van der Waals surface area contributed by atoms with E-state index in [-0.39, 0.29) is 17.8 Å². The molecule has 1 unspecified atom stereocenters. The minimum atomic E-state index is -0.754. The summed E-state index contributed by atoms with van der Waals surface area (Å²) in [5.74, 6) is -0.102. The Hall–Kier alpha value is -2.60. The monoisotopic (exact) mass is 373 g/mol. The molecule has 1 atom stereocenters. The molecule has 1 aliphatic heterocycles. The Kier molecular flexibility index (Phi) is 5.96. The molecule has 0 radical (unpaired) electrons. The SMILES string of the molecule is COc1cccc(C(c2cc(F)ccc2OC)N2CCC(C(=O)O)CC2)c1. The number of benzene rings is 2. The van der Waals surface area contributed by atoms with Crippen LogP contribution in [0.25, 0.3) is 0 Å². The normalized spacial score (nSPS) is 16.7. The van der Waals surface area contributed by atoms with Crippen molar-refractivity contribution in [3.8, 4) is 11.5 Å². The third-order valence-electron chi connectivity index (χ3n) is 5.14. The fourth-order valence-electron chi connectivity index (χ4n) is 3.72. The molecule has 0 aromatic heterocycles. The summed E-state index contributed by atoms with van der Waals surface area (Å²) in [6.07, 6.45) is 1.13. The largest absolute Gasteiger partial charge is 0.497 e. The smallest absolute Gasteiger partial charge is 0.306 e. The molecular weight excluding hydrogens is 349 g/mol. The second-order valence-corrected chi connectivity index (χ2v) is 6.71. The number of hydrogen-bond donors (Lipinski definition) is 1. The van der Waals surface area contributed by atoms with Gasteiger partial charge in [0.25, 0.3) is 0 Å². The molecule has 1 fully saturated rings. The van der Waals surface area contributed by atoms with Gasteiger partial charge in [0.1, 0.15) is 17.3 Å². The topological polar surface area (TPSA) is 59.0 Å². The van der Waals surface area contributed by atoms with Crippen molar-refractivity contribution in [3.05, 3.63) is 59.4 Å². The van der Waals surface area contributed by atoms with E-state index in [1.54, 1.807) is 20.3 Å². The Morgan fingerprint density at radius 2 is 1.89 bits per heavy atom. The van der Waals surface area contributed by atoms with E-state index in [1.807, 2.05) is 24.3 Å². The quantitative estimate of drug-likeness (QED) is 0.836. The zero-order chi connectivity index (χ0) is 19.4. The Morgan fingerprint density at radius 3 is 2.52 bits per heavy atom. The van der Waals surface area contributed by atoms with E-state index in [9.17, 15) is 14.3 Å². The van der Waals surface area contributed by atoms with Crippen LogP contribution in [-0.4, -0.2) is 43.3 Å². The molecule has 1 aliphatic rings. The third kappa shape index (κ3) is 4.22. The number of methoxy groups -OCH3 is 2. The van der Waals surface area contributed by atoms with Crippen LogP contribution in [0, 0.1) is 11.7 Å². The number of carboxylic acids is 1. The molecule has 6 heteroatoms. The van der Waals surface area contributed by atoms with Crippen molar-refractivity contribution in [3.63, 3.8) is 0 Å². The van der Waals surface area contributed by atoms with Crippen molar-refractivity contribution < 1.29 is 23.8 Å². The maximum Gasteiger partial charge on any atom is 0.306 e. The van der Waals surface area contributed by atoms with Gasteiger partial charge in [-0.3, -0.25) is 9.69 Å². The molecule has 5 nitrogen and oxygen atoms in total. The van der Waals surface area contributed by atoms with Crippen LogP contribution in [0.2, 0.25) is 0 Å². The average molecular weight is 373 g/mol. The molecule has 1 heterocycles. The summed E-state index contributed by atoms with van der Waals surface area (Å²) in [6, 6.07) is 11.9. The fraction of sp³-hybridized carbons (Fsp3) is 0.381. The van der Waals surface area contributed by atoms with Gasteiger partial charge in [0.05, 0.1) is 26.2 Å². The lowest BCUT2D eigenvalue weighted by Crippen LogP contribution is -2.39. The van der Waals surface area contributed by atoms with Gasteiger partial charge in [-0.15, -0.1) is 0 Å². The summed E-state index contributed by atoms with van der Waals surface area (Å²) >= 11 is 0. The van der Waals surface area contributed by atoms with Crippen LogP contribution >= 0.6 is 0 Å². The fourth-order valence-corrected chi connectivity index (χ4v) is 3.72. The van der Waals surface area contributed by atoms with E-state index < -0.39 is 5.97 Å². The molecule has 3 rings (SSSR count). The predicted molar refractivity (Wildman–Crippen MR) is 99.7 cm³/mol. The Bertz CT molecular complexity index is 803. The van der Waals surface area contributed by atoms with Gasteiger partial charge in [-0.25, -0.2) is 4.39 Å². The number of ether oxygens (including phenoxy) is 2. The summed E-state index contributed by atoms with van der Waals surface area (Å²) in [5.41, 5.74) is 1.67. The van der Waals surface area contributed by atoms with E-state index in [2.05, 4.69) is 4.90 Å². The third-order valence-corrected chi connectivity index (χ3v) is 5.14. The second kappa shape index (κ2) is 8.39. The summed E-state index contributed by atoms with van der Waals surface area (Å²) in [6.45, 7) is 1.22. The molecule has 144 valence electrons. The van der Waals surface area contributed by atoms with Crippen molar-refractivity contribution >= 4 is 5.97 Å². The molecule has 2 aromatic carbocycles. The number of likely N-dealkylation sites (tertiary alicyclic amines) is 1. The lowest BCUT2D eigenvalue weighted by atomic mass is 9.90. The van der Waals surface area contributed by atoms with E-state index in [0.717, 1.165) is 11.1 Å². The number of carboxylic acid groups (broad SMARTS) is 1. The number of carbonyl (C=O) groups is 1. The van der Waals surface area contributed by atoms with Gasteiger partial charge in [0, 0.05) is 5.56 Å². The summed E-state index contributed by atoms with van der Waals surface area (Å²) in [5, 5.41) is 9.28. The molecule has 27 heavy (non-hydrogen) atoms. The molecule has 1 saturated heterocycles.